The highest BCUT2D eigenvalue weighted by atomic mass is 79.9. The third-order valence-electron chi connectivity index (χ3n) is 2.62. The SMILES string of the molecule is CNc1ccncc1S(=O)(=O)Nc1ccc(Br)c(Cl)c1Cl. The molecule has 0 aliphatic rings. The maximum atomic E-state index is 12.4. The Hall–Kier alpha value is -1.02. The summed E-state index contributed by atoms with van der Waals surface area (Å²) >= 11 is 15.2. The summed E-state index contributed by atoms with van der Waals surface area (Å²) in [6.07, 6.45) is 2.75. The molecule has 0 saturated heterocycles. The Morgan fingerprint density at radius 2 is 1.86 bits per heavy atom. The molecule has 21 heavy (non-hydrogen) atoms. The standard InChI is InChI=1S/C12H10BrCl2N3O2S/c1-16-8-4-5-17-6-10(8)21(19,20)18-9-3-2-7(13)11(14)12(9)15/h2-6,18H,1H3,(H,16,17). The second-order valence-electron chi connectivity index (χ2n) is 3.95. The predicted octanol–water partition coefficient (Wildman–Crippen LogP) is 3.99. The number of pyridine rings is 1. The van der Waals surface area contributed by atoms with Crippen molar-refractivity contribution in [3.05, 3.63) is 45.1 Å². The smallest absolute Gasteiger partial charge is 0.265 e. The van der Waals surface area contributed by atoms with Crippen molar-refractivity contribution in [1.82, 2.24) is 4.98 Å². The summed E-state index contributed by atoms with van der Waals surface area (Å²) in [6.45, 7) is 0. The highest BCUT2D eigenvalue weighted by Crippen LogP contribution is 2.37. The quantitative estimate of drug-likeness (QED) is 0.747. The number of hydrogen-bond acceptors (Lipinski definition) is 4. The number of sulfonamides is 1. The maximum Gasteiger partial charge on any atom is 0.265 e. The molecule has 2 rings (SSSR count). The lowest BCUT2D eigenvalue weighted by Crippen LogP contribution is -2.15. The van der Waals surface area contributed by atoms with Gasteiger partial charge in [0, 0.05) is 23.9 Å². The summed E-state index contributed by atoms with van der Waals surface area (Å²) in [4.78, 5) is 3.85. The molecule has 2 N–H and O–H groups in total. The minimum Gasteiger partial charge on any atom is -0.387 e. The monoisotopic (exact) mass is 409 g/mol. The van der Waals surface area contributed by atoms with E-state index in [4.69, 9.17) is 23.2 Å². The molecule has 0 aliphatic carbocycles. The van der Waals surface area contributed by atoms with Crippen LogP contribution in [0.4, 0.5) is 11.4 Å². The van der Waals surface area contributed by atoms with E-state index in [1.807, 2.05) is 0 Å². The van der Waals surface area contributed by atoms with Gasteiger partial charge < -0.3 is 5.32 Å². The van der Waals surface area contributed by atoms with E-state index in [1.165, 1.54) is 18.5 Å². The fraction of sp³-hybridized carbons (Fsp3) is 0.0833. The van der Waals surface area contributed by atoms with Crippen LogP contribution < -0.4 is 10.0 Å². The van der Waals surface area contributed by atoms with Gasteiger partial charge in [-0.05, 0) is 34.1 Å². The van der Waals surface area contributed by atoms with Crippen LogP contribution in [0.25, 0.3) is 0 Å². The molecule has 0 spiro atoms. The van der Waals surface area contributed by atoms with Crippen LogP contribution in [0.5, 0.6) is 0 Å². The Kier molecular flexibility index (Phi) is 4.98. The van der Waals surface area contributed by atoms with Gasteiger partial charge in [0.1, 0.15) is 4.90 Å². The van der Waals surface area contributed by atoms with Gasteiger partial charge in [0.15, 0.2) is 0 Å². The molecule has 5 nitrogen and oxygen atoms in total. The highest BCUT2D eigenvalue weighted by Gasteiger charge is 2.20. The van der Waals surface area contributed by atoms with E-state index in [0.717, 1.165) is 0 Å². The van der Waals surface area contributed by atoms with Crippen molar-refractivity contribution >= 4 is 60.5 Å². The van der Waals surface area contributed by atoms with Crippen LogP contribution in [0.15, 0.2) is 40.0 Å². The van der Waals surface area contributed by atoms with E-state index in [2.05, 4.69) is 31.0 Å². The van der Waals surface area contributed by atoms with Crippen molar-refractivity contribution < 1.29 is 8.42 Å². The number of nitrogens with zero attached hydrogens (tertiary/aromatic N) is 1. The molecule has 2 aromatic rings. The first-order valence-corrected chi connectivity index (χ1v) is 8.68. The van der Waals surface area contributed by atoms with Crippen molar-refractivity contribution in [1.29, 1.82) is 0 Å². The van der Waals surface area contributed by atoms with E-state index in [9.17, 15) is 8.42 Å². The molecule has 0 saturated carbocycles. The van der Waals surface area contributed by atoms with Gasteiger partial charge in [-0.3, -0.25) is 9.71 Å². The average molecular weight is 411 g/mol. The fourth-order valence-corrected chi connectivity index (χ4v) is 3.71. The molecule has 0 radical (unpaired) electrons. The lowest BCUT2D eigenvalue weighted by Gasteiger charge is -2.13. The Bertz CT molecular complexity index is 784. The maximum absolute atomic E-state index is 12.4. The second kappa shape index (κ2) is 6.39. The van der Waals surface area contributed by atoms with Gasteiger partial charge in [0.05, 0.1) is 21.4 Å². The van der Waals surface area contributed by atoms with Gasteiger partial charge in [0.25, 0.3) is 10.0 Å². The zero-order valence-electron chi connectivity index (χ0n) is 10.7. The average Bonchev–Trinajstić information content (AvgIpc) is 2.48. The molecule has 0 aliphatic heterocycles. The molecule has 9 heteroatoms. The molecule has 112 valence electrons. The first-order chi connectivity index (χ1) is 9.86. The molecule has 0 unspecified atom stereocenters. The summed E-state index contributed by atoms with van der Waals surface area (Å²) in [7, 11) is -2.22. The number of rotatable bonds is 4. The number of halogens is 3. The van der Waals surface area contributed by atoms with Gasteiger partial charge in [-0.25, -0.2) is 8.42 Å². The number of aromatic nitrogens is 1. The minimum atomic E-state index is -3.84. The van der Waals surface area contributed by atoms with Crippen molar-refractivity contribution in [2.75, 3.05) is 17.1 Å². The number of nitrogens with one attached hydrogen (secondary N) is 2. The van der Waals surface area contributed by atoms with Crippen LogP contribution in [0.1, 0.15) is 0 Å². The molecule has 0 fully saturated rings. The van der Waals surface area contributed by atoms with E-state index < -0.39 is 10.0 Å². The lowest BCUT2D eigenvalue weighted by molar-refractivity contribution is 0.601. The molecule has 1 aromatic carbocycles. The lowest BCUT2D eigenvalue weighted by atomic mass is 10.3. The van der Waals surface area contributed by atoms with Crippen LogP contribution in [0, 0.1) is 0 Å². The van der Waals surface area contributed by atoms with Gasteiger partial charge >= 0.3 is 0 Å². The molecular weight excluding hydrogens is 401 g/mol. The van der Waals surface area contributed by atoms with Crippen molar-refractivity contribution in [2.24, 2.45) is 0 Å². The molecule has 1 aromatic heterocycles. The summed E-state index contributed by atoms with van der Waals surface area (Å²) in [5, 5.41) is 3.15. The molecule has 0 amide bonds. The van der Waals surface area contributed by atoms with Crippen molar-refractivity contribution in [2.45, 2.75) is 4.90 Å². The number of hydrogen-bond donors (Lipinski definition) is 2. The second-order valence-corrected chi connectivity index (χ2v) is 7.21. The largest absolute Gasteiger partial charge is 0.387 e. The van der Waals surface area contributed by atoms with Crippen molar-refractivity contribution in [3.63, 3.8) is 0 Å². The van der Waals surface area contributed by atoms with Crippen LogP contribution >= 0.6 is 39.1 Å². The van der Waals surface area contributed by atoms with Crippen molar-refractivity contribution in [3.8, 4) is 0 Å². The number of benzene rings is 1. The normalized spacial score (nSPS) is 11.2. The Morgan fingerprint density at radius 3 is 2.52 bits per heavy atom. The first kappa shape index (κ1) is 16.4. The third-order valence-corrected chi connectivity index (χ3v) is 5.79. The Labute approximate surface area is 140 Å². The van der Waals surface area contributed by atoms with Gasteiger partial charge in [0.2, 0.25) is 0 Å². The molecule has 0 atom stereocenters. The van der Waals surface area contributed by atoms with E-state index in [-0.39, 0.29) is 20.6 Å². The third kappa shape index (κ3) is 3.42. The zero-order valence-corrected chi connectivity index (χ0v) is 14.6. The minimum absolute atomic E-state index is 0.0163. The van der Waals surface area contributed by atoms with E-state index in [0.29, 0.717) is 10.2 Å². The van der Waals surface area contributed by atoms with Gasteiger partial charge in [-0.1, -0.05) is 23.2 Å². The Morgan fingerprint density at radius 1 is 1.14 bits per heavy atom. The van der Waals surface area contributed by atoms with Crippen LogP contribution in [0.2, 0.25) is 10.0 Å². The zero-order chi connectivity index (χ0) is 15.6. The summed E-state index contributed by atoms with van der Waals surface area (Å²) in [6, 6.07) is 4.68. The topological polar surface area (TPSA) is 71.1 Å². The first-order valence-electron chi connectivity index (χ1n) is 5.65. The molecule has 1 heterocycles. The van der Waals surface area contributed by atoms with Crippen LogP contribution in [0.3, 0.4) is 0 Å². The molecule has 0 bridgehead atoms. The van der Waals surface area contributed by atoms with E-state index >= 15 is 0 Å². The highest BCUT2D eigenvalue weighted by molar-refractivity contribution is 9.10. The summed E-state index contributed by atoms with van der Waals surface area (Å²) in [5.74, 6) is 0. The van der Waals surface area contributed by atoms with Gasteiger partial charge in [-0.2, -0.15) is 0 Å². The van der Waals surface area contributed by atoms with Gasteiger partial charge in [-0.15, -0.1) is 0 Å². The fourth-order valence-electron chi connectivity index (χ4n) is 1.61. The summed E-state index contributed by atoms with van der Waals surface area (Å²) < 4.78 is 27.8. The summed E-state index contributed by atoms with van der Waals surface area (Å²) in [5.41, 5.74) is 0.618. The van der Waals surface area contributed by atoms with Crippen LogP contribution in [-0.4, -0.2) is 20.4 Å². The number of anilines is 2. The Balaban J connectivity index is 2.45. The van der Waals surface area contributed by atoms with Crippen LogP contribution in [-0.2, 0) is 10.0 Å². The molecular formula is C12H10BrCl2N3O2S. The predicted molar refractivity (Wildman–Crippen MR) is 88.8 cm³/mol. The van der Waals surface area contributed by atoms with E-state index in [1.54, 1.807) is 19.2 Å².